The number of thiophene rings is 1. The first-order valence-corrected chi connectivity index (χ1v) is 27.5. The van der Waals surface area contributed by atoms with E-state index in [4.69, 9.17) is 21.3 Å². The van der Waals surface area contributed by atoms with Crippen molar-refractivity contribution >= 4 is 70.0 Å². The predicted octanol–water partition coefficient (Wildman–Crippen LogP) is 4.99. The summed E-state index contributed by atoms with van der Waals surface area (Å²) in [6.45, 7) is 14.0. The van der Waals surface area contributed by atoms with Gasteiger partial charge in [0.2, 0.25) is 41.4 Å². The van der Waals surface area contributed by atoms with Crippen molar-refractivity contribution in [3.05, 3.63) is 123 Å². The number of aliphatic imine (C=N–C) groups is 1. The molecule has 2 aromatic heterocycles. The zero-order chi connectivity index (χ0) is 56.0. The van der Waals surface area contributed by atoms with Crippen molar-refractivity contribution in [3.8, 4) is 16.1 Å². The maximum atomic E-state index is 14.7. The topological polar surface area (TPSA) is 247 Å². The molecule has 3 aromatic carbocycles. The number of hydrogen-bond donors (Lipinski definition) is 6. The fourth-order valence-electron chi connectivity index (χ4n) is 9.89. The van der Waals surface area contributed by atoms with E-state index in [1.165, 1.54) is 4.90 Å². The Morgan fingerprint density at radius 1 is 0.821 bits per heavy atom. The number of amides is 7. The lowest BCUT2D eigenvalue weighted by molar-refractivity contribution is -0.145. The minimum Gasteiger partial charge on any atom is -0.370 e. The molecule has 412 valence electrons. The average Bonchev–Trinajstić information content (AvgIpc) is 4.22. The highest BCUT2D eigenvalue weighted by Crippen LogP contribution is 2.40. The average molecular weight is 1100 g/mol. The summed E-state index contributed by atoms with van der Waals surface area (Å²) in [5.74, 6) is -3.71. The molecule has 5 heterocycles. The van der Waals surface area contributed by atoms with Gasteiger partial charge in [-0.15, -0.1) is 21.5 Å². The molecule has 5 aromatic rings. The van der Waals surface area contributed by atoms with Gasteiger partial charge in [-0.25, -0.2) is 0 Å². The summed E-state index contributed by atoms with van der Waals surface area (Å²) < 4.78 is 7.57. The Balaban J connectivity index is 1.06. The molecule has 0 radical (unpaired) electrons. The maximum absolute atomic E-state index is 14.7. The number of fused-ring (bicyclic) bond motifs is 4. The SMILES string of the molecule is Cc1sc2c(c1C)C(c1ccc(Cl)cc1)=N[C@@H](CC(=O)NC[C@H]1NC(=O)[C@@H](C(C)C)NC(=O)[C@@H](Cc3ccc(-c4ccccc4)cc3)NC(=O)[C@@H]3CCCN3C(=O)C(C(C)(C)C)NC(=O)COCCNC1=O)c1nnc(C)n1-2. The molecular formula is C57H68ClN11O8S. The Hall–Kier alpha value is -7.29. The summed E-state index contributed by atoms with van der Waals surface area (Å²) in [7, 11) is 0. The van der Waals surface area contributed by atoms with Crippen LogP contribution in [0.1, 0.15) is 98.7 Å². The third-order valence-electron chi connectivity index (χ3n) is 14.3. The lowest BCUT2D eigenvalue weighted by atomic mass is 9.85. The highest BCUT2D eigenvalue weighted by atomic mass is 35.5. The van der Waals surface area contributed by atoms with Crippen molar-refractivity contribution in [2.45, 2.75) is 117 Å². The summed E-state index contributed by atoms with van der Waals surface area (Å²) in [5.41, 5.74) is 5.21. The van der Waals surface area contributed by atoms with E-state index >= 15 is 0 Å². The minimum atomic E-state index is -1.38. The van der Waals surface area contributed by atoms with Crippen molar-refractivity contribution < 1.29 is 38.3 Å². The zero-order valence-corrected chi connectivity index (χ0v) is 46.8. The molecule has 78 heavy (non-hydrogen) atoms. The van der Waals surface area contributed by atoms with Crippen LogP contribution in [0.3, 0.4) is 0 Å². The second-order valence-corrected chi connectivity index (χ2v) is 23.1. The van der Waals surface area contributed by atoms with Crippen LogP contribution >= 0.6 is 22.9 Å². The van der Waals surface area contributed by atoms with Crippen molar-refractivity contribution in [1.82, 2.24) is 51.6 Å². The number of rotatable bonds is 9. The first-order valence-electron chi connectivity index (χ1n) is 26.3. The van der Waals surface area contributed by atoms with Gasteiger partial charge in [-0.3, -0.25) is 43.1 Å². The van der Waals surface area contributed by atoms with E-state index in [2.05, 4.69) is 42.1 Å². The molecule has 2 fully saturated rings. The molecule has 6 N–H and O–H groups in total. The Morgan fingerprint density at radius 3 is 2.19 bits per heavy atom. The molecule has 8 rings (SSSR count). The Morgan fingerprint density at radius 2 is 1.50 bits per heavy atom. The number of carbonyl (C=O) groups excluding carboxylic acids is 7. The molecule has 3 aliphatic rings. The molecule has 21 heteroatoms. The molecule has 1 unspecified atom stereocenters. The van der Waals surface area contributed by atoms with Gasteiger partial charge in [0.25, 0.3) is 0 Å². The van der Waals surface area contributed by atoms with E-state index in [0.717, 1.165) is 37.7 Å². The van der Waals surface area contributed by atoms with Crippen molar-refractivity contribution in [1.29, 1.82) is 0 Å². The summed E-state index contributed by atoms with van der Waals surface area (Å²) in [5, 5.41) is 27.2. The molecule has 19 nitrogen and oxygen atoms in total. The van der Waals surface area contributed by atoms with E-state index in [9.17, 15) is 33.6 Å². The third kappa shape index (κ3) is 13.2. The van der Waals surface area contributed by atoms with Crippen molar-refractivity contribution in [2.24, 2.45) is 16.3 Å². The number of benzene rings is 3. The monoisotopic (exact) mass is 1100 g/mol. The number of nitrogens with one attached hydrogen (secondary N) is 6. The van der Waals surface area contributed by atoms with E-state index < -0.39 is 95.5 Å². The predicted molar refractivity (Wildman–Crippen MR) is 297 cm³/mol. The molecule has 3 aliphatic heterocycles. The summed E-state index contributed by atoms with van der Waals surface area (Å²) in [4.78, 5) is 107. The van der Waals surface area contributed by atoms with Crippen LogP contribution in [0, 0.1) is 32.1 Å². The summed E-state index contributed by atoms with van der Waals surface area (Å²) >= 11 is 7.88. The minimum absolute atomic E-state index is 0.0209. The molecule has 0 spiro atoms. The van der Waals surface area contributed by atoms with Crippen LogP contribution in [-0.4, -0.2) is 130 Å². The van der Waals surface area contributed by atoms with Crippen LogP contribution in [-0.2, 0) is 44.7 Å². The fourth-order valence-corrected chi connectivity index (χ4v) is 11.2. The molecule has 0 saturated carbocycles. The Labute approximate surface area is 463 Å². The zero-order valence-electron chi connectivity index (χ0n) is 45.2. The summed E-state index contributed by atoms with van der Waals surface area (Å²) in [6, 6.07) is 18.0. The van der Waals surface area contributed by atoms with E-state index in [-0.39, 0.29) is 39.1 Å². The second-order valence-electron chi connectivity index (χ2n) is 21.4. The van der Waals surface area contributed by atoms with Gasteiger partial charge in [0.15, 0.2) is 5.82 Å². The highest BCUT2D eigenvalue weighted by Gasteiger charge is 2.43. The van der Waals surface area contributed by atoms with Gasteiger partial charge >= 0.3 is 0 Å². The van der Waals surface area contributed by atoms with E-state index in [0.29, 0.717) is 40.8 Å². The Kier molecular flexibility index (Phi) is 17.9. The smallest absolute Gasteiger partial charge is 0.246 e. The second kappa shape index (κ2) is 24.6. The van der Waals surface area contributed by atoms with E-state index in [1.54, 1.807) is 58.1 Å². The molecule has 6 atom stereocenters. The van der Waals surface area contributed by atoms with Crippen LogP contribution in [0.4, 0.5) is 0 Å². The number of hydrogen-bond acceptors (Lipinski definition) is 12. The summed E-state index contributed by atoms with van der Waals surface area (Å²) in [6.07, 6.45) is 0.632. The van der Waals surface area contributed by atoms with E-state index in [1.807, 2.05) is 92.1 Å². The van der Waals surface area contributed by atoms with Crippen LogP contribution in [0.5, 0.6) is 0 Å². The maximum Gasteiger partial charge on any atom is 0.246 e. The van der Waals surface area contributed by atoms with Gasteiger partial charge in [0.1, 0.15) is 53.7 Å². The lowest BCUT2D eigenvalue weighted by Crippen LogP contribution is -2.61. The Bertz CT molecular complexity index is 3080. The molecule has 0 bridgehead atoms. The lowest BCUT2D eigenvalue weighted by Gasteiger charge is -2.35. The van der Waals surface area contributed by atoms with Crippen LogP contribution in [0.2, 0.25) is 5.02 Å². The largest absolute Gasteiger partial charge is 0.370 e. The highest BCUT2D eigenvalue weighted by molar-refractivity contribution is 7.15. The number of ether oxygens (including phenoxy) is 1. The number of halogens is 1. The van der Waals surface area contributed by atoms with Crippen molar-refractivity contribution in [3.63, 3.8) is 0 Å². The van der Waals surface area contributed by atoms with Gasteiger partial charge < -0.3 is 41.5 Å². The van der Waals surface area contributed by atoms with Gasteiger partial charge in [-0.05, 0) is 79.3 Å². The van der Waals surface area contributed by atoms with Gasteiger partial charge in [-0.2, -0.15) is 0 Å². The number of aryl methyl sites for hydroxylation is 2. The quantitative estimate of drug-likeness (QED) is 0.115. The normalized spacial score (nSPS) is 22.1. The fraction of sp³-hybridized carbons (Fsp3) is 0.439. The number of nitrogens with zero attached hydrogens (tertiary/aromatic N) is 5. The number of carbonyl (C=O) groups is 7. The first-order chi connectivity index (χ1) is 37.2. The van der Waals surface area contributed by atoms with Gasteiger partial charge in [0.05, 0.1) is 18.7 Å². The molecule has 0 aliphatic carbocycles. The standard InChI is InChI=1S/C57H68ClN11O8S/c1-31(2)47-54(75)63-42(29-60-44(70)28-40-50-67-66-34(5)69(50)56-46(32(3)33(4)78-56)48(61-40)38-20-22-39(58)23-21-38)51(72)59-24-26-77-30-45(71)64-49(57(6,7)8)55(76)68-25-12-15-43(68)53(74)62-41(52(73)65-47)27-35-16-18-37(19-17-35)36-13-10-9-11-14-36/h9-11,13-14,16-23,31,40-43,47,49H,12,15,24-30H2,1-8H3,(H,59,72)(H,60,70)(H,62,74)(H,63,75)(H,64,71)(H,65,73)/t40-,41+,42+,43-,47+,49?/m0/s1. The van der Waals surface area contributed by atoms with Gasteiger partial charge in [0, 0.05) is 47.1 Å². The first kappa shape index (κ1) is 56.9. The van der Waals surface area contributed by atoms with Crippen LogP contribution in [0.25, 0.3) is 16.1 Å². The molecular weight excluding hydrogens is 1030 g/mol. The van der Waals surface area contributed by atoms with Crippen LogP contribution in [0.15, 0.2) is 83.9 Å². The van der Waals surface area contributed by atoms with Crippen LogP contribution < -0.4 is 31.9 Å². The number of aromatic nitrogens is 3. The van der Waals surface area contributed by atoms with Crippen molar-refractivity contribution in [2.75, 3.05) is 32.8 Å². The molecule has 2 saturated heterocycles. The third-order valence-corrected chi connectivity index (χ3v) is 15.7. The molecule has 7 amide bonds. The van der Waals surface area contributed by atoms with Gasteiger partial charge in [-0.1, -0.05) is 113 Å².